The molecule has 5 rings (SSSR count). The van der Waals surface area contributed by atoms with Crippen molar-refractivity contribution in [1.29, 1.82) is 0 Å². The Bertz CT molecular complexity index is 1590. The van der Waals surface area contributed by atoms with E-state index in [1.165, 1.54) is 22.3 Å². The Balaban J connectivity index is 1.32. The van der Waals surface area contributed by atoms with Gasteiger partial charge in [-0.2, -0.15) is 0 Å². The molecule has 0 spiro atoms. The van der Waals surface area contributed by atoms with E-state index in [9.17, 15) is 0 Å². The molecule has 5 aromatic rings. The number of hydrogen-bond donors (Lipinski definition) is 0. The Morgan fingerprint density at radius 3 is 0.977 bits per heavy atom. The van der Waals surface area contributed by atoms with Gasteiger partial charge in [0.2, 0.25) is 0 Å². The second kappa shape index (κ2) is 14.5. The molecule has 0 heterocycles. The molecule has 0 atom stereocenters. The summed E-state index contributed by atoms with van der Waals surface area (Å²) >= 11 is 0. The first-order chi connectivity index (χ1) is 21.1. The zero-order chi connectivity index (χ0) is 29.9. The molecule has 0 unspecified atom stereocenters. The number of methoxy groups -OCH3 is 1. The molecule has 0 amide bonds. The van der Waals surface area contributed by atoms with E-state index in [2.05, 4.69) is 177 Å². The van der Waals surface area contributed by atoms with Gasteiger partial charge in [0, 0.05) is 17.1 Å². The highest BCUT2D eigenvalue weighted by atomic mass is 16.5. The van der Waals surface area contributed by atoms with Crippen molar-refractivity contribution in [3.05, 3.63) is 179 Å². The Labute approximate surface area is 256 Å². The summed E-state index contributed by atoms with van der Waals surface area (Å²) < 4.78 is 5.41. The molecule has 0 fully saturated rings. The van der Waals surface area contributed by atoms with Crippen LogP contribution in [-0.4, -0.2) is 7.11 Å². The van der Waals surface area contributed by atoms with E-state index in [1.807, 2.05) is 12.1 Å². The average Bonchev–Trinajstić information content (AvgIpc) is 3.05. The molecule has 0 saturated heterocycles. The molecule has 0 aromatic heterocycles. The number of anilines is 3. The number of nitrogens with zero attached hydrogens (tertiary/aromatic N) is 1. The number of rotatable bonds is 10. The highest BCUT2D eigenvalue weighted by Crippen LogP contribution is 2.35. The molecule has 0 radical (unpaired) electrons. The normalized spacial score (nSPS) is 11.7. The van der Waals surface area contributed by atoms with Gasteiger partial charge in [0.1, 0.15) is 5.75 Å². The molecule has 0 aliphatic heterocycles. The van der Waals surface area contributed by atoms with Crippen molar-refractivity contribution in [2.75, 3.05) is 12.0 Å². The van der Waals surface area contributed by atoms with E-state index < -0.39 is 0 Å². The molecule has 0 aliphatic carbocycles. The smallest absolute Gasteiger partial charge is 0.119 e. The van der Waals surface area contributed by atoms with Crippen LogP contribution < -0.4 is 9.64 Å². The fourth-order valence-electron chi connectivity index (χ4n) is 4.67. The molecule has 5 aromatic carbocycles. The molecule has 0 aliphatic rings. The Morgan fingerprint density at radius 1 is 0.395 bits per heavy atom. The lowest BCUT2D eigenvalue weighted by Gasteiger charge is -2.26. The second-order valence-corrected chi connectivity index (χ2v) is 10.5. The zero-order valence-corrected chi connectivity index (χ0v) is 25.0. The lowest BCUT2D eigenvalue weighted by molar-refractivity contribution is 0.415. The van der Waals surface area contributed by atoms with E-state index in [1.54, 1.807) is 7.11 Å². The predicted molar refractivity (Wildman–Crippen MR) is 186 cm³/mol. The molecule has 2 heteroatoms. The summed E-state index contributed by atoms with van der Waals surface area (Å²) in [6.45, 7) is 4.21. The molecule has 212 valence electrons. The van der Waals surface area contributed by atoms with Crippen LogP contribution in [0.25, 0.3) is 24.3 Å². The van der Waals surface area contributed by atoms with Crippen LogP contribution in [0.15, 0.2) is 146 Å². The fraction of sp³-hybridized carbons (Fsp3) is 0.0732. The maximum atomic E-state index is 5.41. The molecule has 43 heavy (non-hydrogen) atoms. The summed E-state index contributed by atoms with van der Waals surface area (Å²) in [5.74, 6) is 0.835. The minimum atomic E-state index is 0.835. The van der Waals surface area contributed by atoms with Crippen LogP contribution in [0.2, 0.25) is 0 Å². The third-order valence-electron chi connectivity index (χ3n) is 7.16. The summed E-state index contributed by atoms with van der Waals surface area (Å²) in [6, 6.07) is 42.5. The topological polar surface area (TPSA) is 12.5 Å². The minimum absolute atomic E-state index is 0.835. The maximum Gasteiger partial charge on any atom is 0.119 e. The molecule has 2 nitrogen and oxygen atoms in total. The van der Waals surface area contributed by atoms with Crippen LogP contribution >= 0.6 is 0 Å². The SMILES string of the molecule is COc1ccc(N(c2ccc(/C=C/C=C/c3ccc(C)cc3)cc2)c2ccc(/C=C/C=C/c3ccc(C)cc3)cc2)cc1. The number of ether oxygens (including phenoxy) is 1. The third-order valence-corrected chi connectivity index (χ3v) is 7.16. The number of allylic oxidation sites excluding steroid dienone is 4. The van der Waals surface area contributed by atoms with Gasteiger partial charge in [0.15, 0.2) is 0 Å². The molecule has 0 bridgehead atoms. The van der Waals surface area contributed by atoms with Gasteiger partial charge < -0.3 is 9.64 Å². The molecule has 0 N–H and O–H groups in total. The van der Waals surface area contributed by atoms with Crippen molar-refractivity contribution >= 4 is 41.4 Å². The van der Waals surface area contributed by atoms with Crippen LogP contribution in [0.1, 0.15) is 33.4 Å². The van der Waals surface area contributed by atoms with Gasteiger partial charge in [-0.05, 0) is 84.6 Å². The Morgan fingerprint density at radius 2 is 0.674 bits per heavy atom. The lowest BCUT2D eigenvalue weighted by Crippen LogP contribution is -2.09. The quantitative estimate of drug-likeness (QED) is 0.158. The van der Waals surface area contributed by atoms with Gasteiger partial charge in [-0.1, -0.05) is 133 Å². The maximum absolute atomic E-state index is 5.41. The Kier molecular flexibility index (Phi) is 9.85. The van der Waals surface area contributed by atoms with Crippen LogP contribution in [0.5, 0.6) is 5.75 Å². The van der Waals surface area contributed by atoms with Gasteiger partial charge in [0.05, 0.1) is 7.11 Å². The summed E-state index contributed by atoms with van der Waals surface area (Å²) in [4.78, 5) is 2.26. The standard InChI is InChI=1S/C41H37NO/c1-32-12-16-34(17-13-32)8-4-6-10-36-20-24-38(25-21-36)42(40-28-30-41(43-3)31-29-40)39-26-22-37(23-27-39)11-7-5-9-35-18-14-33(2)15-19-35/h4-31H,1-3H3/b8-4+,9-5+,10-6+,11-7+. The van der Waals surface area contributed by atoms with Crippen molar-refractivity contribution in [2.45, 2.75) is 13.8 Å². The van der Waals surface area contributed by atoms with Crippen molar-refractivity contribution in [3.63, 3.8) is 0 Å². The van der Waals surface area contributed by atoms with E-state index in [-0.39, 0.29) is 0 Å². The van der Waals surface area contributed by atoms with Crippen LogP contribution in [0, 0.1) is 13.8 Å². The van der Waals surface area contributed by atoms with Gasteiger partial charge in [-0.15, -0.1) is 0 Å². The molecular weight excluding hydrogens is 522 g/mol. The van der Waals surface area contributed by atoms with Crippen LogP contribution in [0.3, 0.4) is 0 Å². The predicted octanol–water partition coefficient (Wildman–Crippen LogP) is 11.2. The highest BCUT2D eigenvalue weighted by Gasteiger charge is 2.12. The second-order valence-electron chi connectivity index (χ2n) is 10.5. The number of hydrogen-bond acceptors (Lipinski definition) is 2. The Hall–Kier alpha value is -5.34. The van der Waals surface area contributed by atoms with Gasteiger partial charge in [0.25, 0.3) is 0 Å². The largest absolute Gasteiger partial charge is 0.497 e. The van der Waals surface area contributed by atoms with Crippen LogP contribution in [-0.2, 0) is 0 Å². The summed E-state index contributed by atoms with van der Waals surface area (Å²) in [6.07, 6.45) is 16.8. The lowest BCUT2D eigenvalue weighted by atomic mass is 10.1. The van der Waals surface area contributed by atoms with Crippen LogP contribution in [0.4, 0.5) is 17.1 Å². The minimum Gasteiger partial charge on any atom is -0.497 e. The third kappa shape index (κ3) is 8.34. The van der Waals surface area contributed by atoms with E-state index in [0.717, 1.165) is 33.9 Å². The molecular formula is C41H37NO. The summed E-state index contributed by atoms with van der Waals surface area (Å²) in [7, 11) is 1.69. The van der Waals surface area contributed by atoms with Gasteiger partial charge in [-0.25, -0.2) is 0 Å². The summed E-state index contributed by atoms with van der Waals surface area (Å²) in [5, 5.41) is 0. The average molecular weight is 560 g/mol. The van der Waals surface area contributed by atoms with E-state index in [4.69, 9.17) is 4.74 Å². The highest BCUT2D eigenvalue weighted by molar-refractivity contribution is 5.78. The molecule has 0 saturated carbocycles. The fourth-order valence-corrected chi connectivity index (χ4v) is 4.67. The van der Waals surface area contributed by atoms with Gasteiger partial charge in [-0.3, -0.25) is 0 Å². The first-order valence-corrected chi connectivity index (χ1v) is 14.5. The van der Waals surface area contributed by atoms with Crippen molar-refractivity contribution < 1.29 is 4.74 Å². The monoisotopic (exact) mass is 559 g/mol. The van der Waals surface area contributed by atoms with Crippen molar-refractivity contribution in [2.24, 2.45) is 0 Å². The zero-order valence-electron chi connectivity index (χ0n) is 25.0. The number of aryl methyl sites for hydroxylation is 2. The van der Waals surface area contributed by atoms with Gasteiger partial charge >= 0.3 is 0 Å². The summed E-state index contributed by atoms with van der Waals surface area (Å²) in [5.41, 5.74) is 10.5. The number of benzene rings is 5. The van der Waals surface area contributed by atoms with E-state index >= 15 is 0 Å². The first-order valence-electron chi connectivity index (χ1n) is 14.5. The van der Waals surface area contributed by atoms with E-state index in [0.29, 0.717) is 0 Å². The van der Waals surface area contributed by atoms with Crippen molar-refractivity contribution in [3.8, 4) is 5.75 Å². The van der Waals surface area contributed by atoms with Crippen molar-refractivity contribution in [1.82, 2.24) is 0 Å². The first kappa shape index (κ1) is 29.2.